The molecular formula is C9H9ClO2. The summed E-state index contributed by atoms with van der Waals surface area (Å²) in [6.07, 6.45) is 4.09. The van der Waals surface area contributed by atoms with Crippen molar-refractivity contribution in [3.05, 3.63) is 22.8 Å². The van der Waals surface area contributed by atoms with Gasteiger partial charge in [0.2, 0.25) is 11.6 Å². The van der Waals surface area contributed by atoms with E-state index in [-0.39, 0.29) is 0 Å². The molecule has 0 heterocycles. The second-order valence-corrected chi connectivity index (χ2v) is 3.01. The number of hydrogen-bond acceptors (Lipinski definition) is 2. The van der Waals surface area contributed by atoms with Crippen molar-refractivity contribution in [3.63, 3.8) is 0 Å². The molecule has 0 N–H and O–H groups in total. The molecule has 0 aliphatic heterocycles. The highest BCUT2D eigenvalue weighted by molar-refractivity contribution is 6.51. The summed E-state index contributed by atoms with van der Waals surface area (Å²) in [5.74, 6) is -0.924. The third-order valence-electron chi connectivity index (χ3n) is 1.67. The predicted octanol–water partition coefficient (Wildman–Crippen LogP) is 1.99. The minimum absolute atomic E-state index is 0.404. The Hall–Kier alpha value is -0.890. The molecule has 1 rings (SSSR count). The molecule has 2 nitrogen and oxygen atoms in total. The zero-order valence-electron chi connectivity index (χ0n) is 6.76. The molecule has 0 spiro atoms. The Labute approximate surface area is 75.9 Å². The van der Waals surface area contributed by atoms with Crippen molar-refractivity contribution >= 4 is 23.2 Å². The molecule has 0 aromatic heterocycles. The van der Waals surface area contributed by atoms with E-state index in [1.54, 1.807) is 0 Å². The topological polar surface area (TPSA) is 34.1 Å². The van der Waals surface area contributed by atoms with E-state index >= 15 is 0 Å². The van der Waals surface area contributed by atoms with Crippen molar-refractivity contribution in [2.75, 3.05) is 0 Å². The summed E-state index contributed by atoms with van der Waals surface area (Å²) < 4.78 is 0. The van der Waals surface area contributed by atoms with Gasteiger partial charge < -0.3 is 0 Å². The molecule has 0 aromatic carbocycles. The third-order valence-corrected chi connectivity index (χ3v) is 2.02. The van der Waals surface area contributed by atoms with Crippen molar-refractivity contribution in [2.24, 2.45) is 0 Å². The second kappa shape index (κ2) is 3.68. The summed E-state index contributed by atoms with van der Waals surface area (Å²) >= 11 is 5.74. The maximum atomic E-state index is 11.2. The van der Waals surface area contributed by atoms with Gasteiger partial charge in [-0.3, -0.25) is 9.59 Å². The fourth-order valence-electron chi connectivity index (χ4n) is 1.07. The minimum atomic E-state index is -0.470. The van der Waals surface area contributed by atoms with Crippen molar-refractivity contribution in [2.45, 2.75) is 19.8 Å². The number of carbonyl (C=O) groups excluding carboxylic acids is 2. The molecule has 0 atom stereocenters. The standard InChI is InChI=1S/C9H9ClO2/c1-2-3-6-7(10)4-5-8(11)9(6)12/h4-5H,2-3H2,1H3. The van der Waals surface area contributed by atoms with Crippen molar-refractivity contribution in [1.82, 2.24) is 0 Å². The first-order valence-corrected chi connectivity index (χ1v) is 4.20. The maximum absolute atomic E-state index is 11.2. The molecule has 3 heteroatoms. The molecule has 0 saturated heterocycles. The first kappa shape index (κ1) is 9.20. The van der Waals surface area contributed by atoms with E-state index in [1.807, 2.05) is 6.92 Å². The Balaban J connectivity index is 2.97. The zero-order valence-corrected chi connectivity index (χ0v) is 7.52. The quantitative estimate of drug-likeness (QED) is 0.486. The summed E-state index contributed by atoms with van der Waals surface area (Å²) in [5.41, 5.74) is 0.451. The van der Waals surface area contributed by atoms with E-state index in [0.717, 1.165) is 6.42 Å². The summed E-state index contributed by atoms with van der Waals surface area (Å²) in [7, 11) is 0. The lowest BCUT2D eigenvalue weighted by atomic mass is 9.98. The van der Waals surface area contributed by atoms with Gasteiger partial charge in [0.15, 0.2) is 0 Å². The number of Topliss-reactive ketones (excluding diaryl/α,β-unsaturated/α-hetero) is 1. The van der Waals surface area contributed by atoms with Crippen LogP contribution in [0.1, 0.15) is 19.8 Å². The van der Waals surface area contributed by atoms with Gasteiger partial charge in [-0.1, -0.05) is 24.9 Å². The molecule has 1 aliphatic carbocycles. The van der Waals surface area contributed by atoms with Crippen LogP contribution in [-0.2, 0) is 9.59 Å². The molecule has 0 unspecified atom stereocenters. The Morgan fingerprint density at radius 1 is 1.33 bits per heavy atom. The largest absolute Gasteiger partial charge is 0.286 e. The van der Waals surface area contributed by atoms with Crippen LogP contribution in [0, 0.1) is 0 Å². The number of ketones is 2. The summed E-state index contributed by atoms with van der Waals surface area (Å²) in [5, 5.41) is 0.404. The van der Waals surface area contributed by atoms with Crippen LogP contribution in [0.15, 0.2) is 22.8 Å². The van der Waals surface area contributed by atoms with Crippen LogP contribution in [0.5, 0.6) is 0 Å². The third kappa shape index (κ3) is 1.64. The smallest absolute Gasteiger partial charge is 0.230 e. The van der Waals surface area contributed by atoms with Gasteiger partial charge in [0.25, 0.3) is 0 Å². The molecule has 0 radical (unpaired) electrons. The number of rotatable bonds is 2. The van der Waals surface area contributed by atoms with Gasteiger partial charge in [-0.15, -0.1) is 0 Å². The van der Waals surface area contributed by atoms with E-state index in [2.05, 4.69) is 0 Å². The fourth-order valence-corrected chi connectivity index (χ4v) is 1.31. The molecule has 12 heavy (non-hydrogen) atoms. The van der Waals surface area contributed by atoms with Crippen molar-refractivity contribution in [1.29, 1.82) is 0 Å². The summed E-state index contributed by atoms with van der Waals surface area (Å²) in [6.45, 7) is 1.94. The Bertz CT molecular complexity index is 287. The average molecular weight is 185 g/mol. The molecule has 0 aromatic rings. The lowest BCUT2D eigenvalue weighted by Gasteiger charge is -2.07. The molecule has 1 aliphatic rings. The highest BCUT2D eigenvalue weighted by Crippen LogP contribution is 2.21. The maximum Gasteiger partial charge on any atom is 0.230 e. The van der Waals surface area contributed by atoms with Crippen LogP contribution in [0.25, 0.3) is 0 Å². The Kier molecular flexibility index (Phi) is 2.82. The van der Waals surface area contributed by atoms with Crippen molar-refractivity contribution in [3.8, 4) is 0 Å². The van der Waals surface area contributed by atoms with E-state index in [1.165, 1.54) is 12.2 Å². The minimum Gasteiger partial charge on any atom is -0.286 e. The van der Waals surface area contributed by atoms with E-state index in [0.29, 0.717) is 17.0 Å². The lowest BCUT2D eigenvalue weighted by molar-refractivity contribution is -0.131. The van der Waals surface area contributed by atoms with E-state index < -0.39 is 11.6 Å². The molecule has 0 bridgehead atoms. The Morgan fingerprint density at radius 3 is 2.58 bits per heavy atom. The van der Waals surface area contributed by atoms with Gasteiger partial charge >= 0.3 is 0 Å². The summed E-state index contributed by atoms with van der Waals surface area (Å²) in [6, 6.07) is 0. The van der Waals surface area contributed by atoms with Gasteiger partial charge in [-0.05, 0) is 18.6 Å². The van der Waals surface area contributed by atoms with Gasteiger partial charge in [0.05, 0.1) is 0 Å². The first-order chi connectivity index (χ1) is 5.66. The fraction of sp³-hybridized carbons (Fsp3) is 0.333. The normalized spacial score (nSPS) is 17.5. The van der Waals surface area contributed by atoms with Crippen LogP contribution < -0.4 is 0 Å². The average Bonchev–Trinajstić information content (AvgIpc) is 2.06. The lowest BCUT2D eigenvalue weighted by Crippen LogP contribution is -2.17. The van der Waals surface area contributed by atoms with Gasteiger partial charge in [-0.2, -0.15) is 0 Å². The van der Waals surface area contributed by atoms with Crippen LogP contribution >= 0.6 is 11.6 Å². The first-order valence-electron chi connectivity index (χ1n) is 3.82. The summed E-state index contributed by atoms with van der Waals surface area (Å²) in [4.78, 5) is 22.1. The monoisotopic (exact) mass is 184 g/mol. The number of carbonyl (C=O) groups is 2. The van der Waals surface area contributed by atoms with Gasteiger partial charge in [0, 0.05) is 10.6 Å². The molecule has 0 fully saturated rings. The van der Waals surface area contributed by atoms with Crippen LogP contribution in [-0.4, -0.2) is 11.6 Å². The molecular weight excluding hydrogens is 176 g/mol. The highest BCUT2D eigenvalue weighted by atomic mass is 35.5. The van der Waals surface area contributed by atoms with E-state index in [9.17, 15) is 9.59 Å². The number of hydrogen-bond donors (Lipinski definition) is 0. The van der Waals surface area contributed by atoms with Gasteiger partial charge in [-0.25, -0.2) is 0 Å². The number of halogens is 1. The van der Waals surface area contributed by atoms with Crippen LogP contribution in [0.2, 0.25) is 0 Å². The highest BCUT2D eigenvalue weighted by Gasteiger charge is 2.21. The van der Waals surface area contributed by atoms with Gasteiger partial charge in [0.1, 0.15) is 0 Å². The van der Waals surface area contributed by atoms with Crippen molar-refractivity contribution < 1.29 is 9.59 Å². The van der Waals surface area contributed by atoms with E-state index in [4.69, 9.17) is 11.6 Å². The second-order valence-electron chi connectivity index (χ2n) is 2.60. The van der Waals surface area contributed by atoms with Crippen LogP contribution in [0.4, 0.5) is 0 Å². The molecule has 0 saturated carbocycles. The SMILES string of the molecule is CCCC1=C(Cl)C=CC(=O)C1=O. The Morgan fingerprint density at radius 2 is 2.00 bits per heavy atom. The predicted molar refractivity (Wildman–Crippen MR) is 46.9 cm³/mol. The van der Waals surface area contributed by atoms with Crippen LogP contribution in [0.3, 0.4) is 0 Å². The molecule has 0 amide bonds. The molecule has 64 valence electrons. The zero-order chi connectivity index (χ0) is 9.14. The number of allylic oxidation sites excluding steroid dienone is 4.